The number of carbonyl (C=O) groups excluding carboxylic acids is 1. The van der Waals surface area contributed by atoms with Crippen molar-refractivity contribution >= 4 is 17.7 Å². The third-order valence-electron chi connectivity index (χ3n) is 2.52. The summed E-state index contributed by atoms with van der Waals surface area (Å²) < 4.78 is 17.2. The summed E-state index contributed by atoms with van der Waals surface area (Å²) in [6.07, 6.45) is 0. The first-order valence-electron chi connectivity index (χ1n) is 6.15. The lowest BCUT2D eigenvalue weighted by atomic mass is 10.1. The predicted molar refractivity (Wildman–Crippen MR) is 73.2 cm³/mol. The molecule has 1 rings (SSSR count). The molecule has 0 aromatic heterocycles. The van der Waals surface area contributed by atoms with Crippen molar-refractivity contribution in [3.63, 3.8) is 0 Å². The lowest BCUT2D eigenvalue weighted by Gasteiger charge is -2.19. The average molecular weight is 300 g/mol. The minimum Gasteiger partial charge on any atom is -0.489 e. The molecule has 0 heterocycles. The number of alkyl halides is 1. The summed E-state index contributed by atoms with van der Waals surface area (Å²) in [7, 11) is 0. The van der Waals surface area contributed by atoms with Gasteiger partial charge in [-0.3, -0.25) is 0 Å². The van der Waals surface area contributed by atoms with Gasteiger partial charge in [-0.1, -0.05) is 12.1 Å². The number of benzene rings is 1. The van der Waals surface area contributed by atoms with Gasteiger partial charge in [0.15, 0.2) is 5.60 Å². The van der Waals surface area contributed by atoms with Crippen LogP contribution >= 0.6 is 0 Å². The number of amides is 2. The molecule has 0 bridgehead atoms. The normalized spacial score (nSPS) is 13.1. The molecule has 0 aliphatic carbocycles. The molecule has 0 radical (unpaired) electrons. The first kappa shape index (κ1) is 16.7. The van der Waals surface area contributed by atoms with E-state index in [4.69, 9.17) is 9.84 Å². The zero-order valence-electron chi connectivity index (χ0n) is 11.4. The van der Waals surface area contributed by atoms with Crippen LogP contribution < -0.4 is 15.4 Å². The van der Waals surface area contributed by atoms with Crippen LogP contribution in [0.3, 0.4) is 0 Å². The maximum atomic E-state index is 12.1. The van der Waals surface area contributed by atoms with E-state index in [2.05, 4.69) is 10.6 Å². The summed E-state index contributed by atoms with van der Waals surface area (Å²) >= 11 is 0. The fourth-order valence-electron chi connectivity index (χ4n) is 1.34. The number of aliphatic carboxylic acids is 1. The molecule has 116 valence electrons. The Morgan fingerprint density at radius 3 is 2.67 bits per heavy atom. The van der Waals surface area contributed by atoms with Gasteiger partial charge in [0, 0.05) is 0 Å². The zero-order chi connectivity index (χ0) is 15.9. The monoisotopic (exact) mass is 300 g/mol. The number of aliphatic hydroxyl groups is 1. The van der Waals surface area contributed by atoms with E-state index in [1.54, 1.807) is 24.3 Å². The molecule has 21 heavy (non-hydrogen) atoms. The van der Waals surface area contributed by atoms with Crippen LogP contribution in [-0.2, 0) is 4.79 Å². The number of nitrogens with one attached hydrogen (secondary N) is 2. The van der Waals surface area contributed by atoms with Gasteiger partial charge in [0.25, 0.3) is 0 Å². The summed E-state index contributed by atoms with van der Waals surface area (Å²) in [6, 6.07) is 5.69. The molecule has 2 amide bonds. The minimum atomic E-state index is -2.07. The van der Waals surface area contributed by atoms with Gasteiger partial charge in [0.05, 0.1) is 12.2 Å². The van der Waals surface area contributed by atoms with Gasteiger partial charge < -0.3 is 25.6 Å². The van der Waals surface area contributed by atoms with E-state index in [0.29, 0.717) is 5.69 Å². The number of anilines is 1. The van der Waals surface area contributed by atoms with Crippen LogP contribution in [-0.4, -0.2) is 47.6 Å². The first-order valence-corrected chi connectivity index (χ1v) is 6.15. The second-order valence-electron chi connectivity index (χ2n) is 4.42. The van der Waals surface area contributed by atoms with E-state index in [-0.39, 0.29) is 12.4 Å². The van der Waals surface area contributed by atoms with Crippen LogP contribution in [0, 0.1) is 0 Å². The molecule has 0 saturated carbocycles. The Bertz CT molecular complexity index is 507. The van der Waals surface area contributed by atoms with Crippen LogP contribution in [0.25, 0.3) is 0 Å². The summed E-state index contributed by atoms with van der Waals surface area (Å²) in [4.78, 5) is 22.3. The van der Waals surface area contributed by atoms with Crippen LogP contribution in [0.5, 0.6) is 5.75 Å². The maximum absolute atomic E-state index is 12.1. The Morgan fingerprint density at radius 1 is 1.38 bits per heavy atom. The second-order valence-corrected chi connectivity index (χ2v) is 4.42. The Labute approximate surface area is 120 Å². The predicted octanol–water partition coefficient (Wildman–Crippen LogP) is 0.992. The summed E-state index contributed by atoms with van der Waals surface area (Å²) in [5, 5.41) is 22.8. The highest BCUT2D eigenvalue weighted by Gasteiger charge is 2.30. The molecule has 7 nitrogen and oxygen atoms in total. The highest BCUT2D eigenvalue weighted by Crippen LogP contribution is 2.23. The average Bonchev–Trinajstić information content (AvgIpc) is 2.44. The van der Waals surface area contributed by atoms with Crippen molar-refractivity contribution in [1.82, 2.24) is 5.32 Å². The minimum absolute atomic E-state index is 0.145. The Kier molecular flexibility index (Phi) is 5.92. The second kappa shape index (κ2) is 7.44. The molecule has 1 atom stereocenters. The van der Waals surface area contributed by atoms with Crippen molar-refractivity contribution in [3.8, 4) is 5.75 Å². The van der Waals surface area contributed by atoms with E-state index in [9.17, 15) is 19.1 Å². The number of hydrogen-bond acceptors (Lipinski definition) is 4. The van der Waals surface area contributed by atoms with Gasteiger partial charge in [-0.2, -0.15) is 0 Å². The first-order chi connectivity index (χ1) is 9.86. The number of halogens is 1. The van der Waals surface area contributed by atoms with Crippen molar-refractivity contribution in [3.05, 3.63) is 24.3 Å². The number of hydrogen-bond donors (Lipinski definition) is 4. The fraction of sp³-hybridized carbons (Fsp3) is 0.385. The molecular weight excluding hydrogens is 283 g/mol. The van der Waals surface area contributed by atoms with Crippen molar-refractivity contribution in [1.29, 1.82) is 0 Å². The summed E-state index contributed by atoms with van der Waals surface area (Å²) in [6.45, 7) is -0.217. The number of para-hydroxylation sites is 2. The molecule has 0 fully saturated rings. The van der Waals surface area contributed by atoms with Crippen molar-refractivity contribution < 1.29 is 28.9 Å². The SMILES string of the molecule is CC(O)(CNC(=O)Nc1ccccc1OCCF)C(=O)O. The number of carbonyl (C=O) groups is 2. The maximum Gasteiger partial charge on any atom is 0.337 e. The Hall–Kier alpha value is -2.35. The largest absolute Gasteiger partial charge is 0.489 e. The molecule has 0 aliphatic heterocycles. The number of rotatable bonds is 7. The van der Waals surface area contributed by atoms with E-state index in [1.807, 2.05) is 0 Å². The molecule has 4 N–H and O–H groups in total. The lowest BCUT2D eigenvalue weighted by Crippen LogP contribution is -2.47. The number of carboxylic acids is 1. The third kappa shape index (κ3) is 5.27. The number of carboxylic acid groups (broad SMARTS) is 1. The standard InChI is InChI=1S/C13H17FN2O5/c1-13(20,11(17)18)8-15-12(19)16-9-4-2-3-5-10(9)21-7-6-14/h2-5,20H,6-8H2,1H3,(H,17,18)(H2,15,16,19). The van der Waals surface area contributed by atoms with Crippen LogP contribution in [0.1, 0.15) is 6.92 Å². The number of ether oxygens (including phenoxy) is 1. The molecule has 1 aromatic rings. The fourth-order valence-corrected chi connectivity index (χ4v) is 1.34. The highest BCUT2D eigenvalue weighted by atomic mass is 19.1. The topological polar surface area (TPSA) is 108 Å². The molecule has 0 saturated heterocycles. The van der Waals surface area contributed by atoms with E-state index in [1.165, 1.54) is 0 Å². The van der Waals surface area contributed by atoms with Crippen LogP contribution in [0.4, 0.5) is 14.9 Å². The molecular formula is C13H17FN2O5. The van der Waals surface area contributed by atoms with Gasteiger partial charge >= 0.3 is 12.0 Å². The van der Waals surface area contributed by atoms with E-state index >= 15 is 0 Å². The van der Waals surface area contributed by atoms with Gasteiger partial charge in [-0.25, -0.2) is 14.0 Å². The van der Waals surface area contributed by atoms with Gasteiger partial charge in [-0.15, -0.1) is 0 Å². The quantitative estimate of drug-likeness (QED) is 0.600. The van der Waals surface area contributed by atoms with Crippen molar-refractivity contribution in [2.24, 2.45) is 0 Å². The van der Waals surface area contributed by atoms with Gasteiger partial charge in [-0.05, 0) is 19.1 Å². The van der Waals surface area contributed by atoms with Crippen molar-refractivity contribution in [2.45, 2.75) is 12.5 Å². The van der Waals surface area contributed by atoms with Crippen LogP contribution in [0.15, 0.2) is 24.3 Å². The third-order valence-corrected chi connectivity index (χ3v) is 2.52. The molecule has 0 aliphatic rings. The Morgan fingerprint density at radius 2 is 2.05 bits per heavy atom. The lowest BCUT2D eigenvalue weighted by molar-refractivity contribution is -0.155. The zero-order valence-corrected chi connectivity index (χ0v) is 11.4. The van der Waals surface area contributed by atoms with E-state index in [0.717, 1.165) is 6.92 Å². The molecule has 1 aromatic carbocycles. The van der Waals surface area contributed by atoms with Crippen LogP contribution in [0.2, 0.25) is 0 Å². The van der Waals surface area contributed by atoms with Gasteiger partial charge in [0.2, 0.25) is 0 Å². The van der Waals surface area contributed by atoms with Crippen molar-refractivity contribution in [2.75, 3.05) is 25.1 Å². The smallest absolute Gasteiger partial charge is 0.337 e. The highest BCUT2D eigenvalue weighted by molar-refractivity contribution is 5.91. The molecule has 8 heteroatoms. The number of urea groups is 1. The molecule has 1 unspecified atom stereocenters. The van der Waals surface area contributed by atoms with Gasteiger partial charge in [0.1, 0.15) is 19.0 Å². The Balaban J connectivity index is 2.61. The van der Waals surface area contributed by atoms with E-state index < -0.39 is 30.8 Å². The molecule has 0 spiro atoms. The summed E-state index contributed by atoms with van der Waals surface area (Å²) in [5.41, 5.74) is -1.76. The summed E-state index contributed by atoms with van der Waals surface area (Å²) in [5.74, 6) is -1.16.